The number of nitrogens with one attached hydrogen (secondary N) is 1. The van der Waals surface area contributed by atoms with Crippen LogP contribution in [0.1, 0.15) is 97.8 Å². The molecule has 1 aliphatic rings. The van der Waals surface area contributed by atoms with Gasteiger partial charge in [0.25, 0.3) is 0 Å². The van der Waals surface area contributed by atoms with Gasteiger partial charge in [-0.25, -0.2) is 0 Å². The minimum atomic E-state index is -1.08. The molecule has 3 nitrogen and oxygen atoms in total. The molecule has 0 saturated carbocycles. The largest absolute Gasteiger partial charge is 0.550 e. The lowest BCUT2D eigenvalue weighted by molar-refractivity contribution is -0.906. The summed E-state index contributed by atoms with van der Waals surface area (Å²) in [5, 5.41) is 8.89. The van der Waals surface area contributed by atoms with Crippen molar-refractivity contribution in [2.24, 2.45) is 5.92 Å². The number of hydrogen-bond acceptors (Lipinski definition) is 2. The maximum atomic E-state index is 8.89. The molecule has 1 rings (SSSR count). The van der Waals surface area contributed by atoms with Crippen LogP contribution in [-0.2, 0) is 4.79 Å². The summed E-state index contributed by atoms with van der Waals surface area (Å²) in [5.74, 6) is -0.0353. The van der Waals surface area contributed by atoms with Crippen LogP contribution in [-0.4, -0.2) is 25.6 Å². The smallest absolute Gasteiger partial charge is 0.0773 e. The zero-order chi connectivity index (χ0) is 17.3. The van der Waals surface area contributed by atoms with Gasteiger partial charge in [-0.15, -0.1) is 0 Å². The lowest BCUT2D eigenvalue weighted by Crippen LogP contribution is -3.13. The quantitative estimate of drug-likeness (QED) is 0.593. The van der Waals surface area contributed by atoms with Gasteiger partial charge in [0.15, 0.2) is 0 Å². The zero-order valence-corrected chi connectivity index (χ0v) is 16.0. The van der Waals surface area contributed by atoms with E-state index >= 15 is 0 Å². The summed E-state index contributed by atoms with van der Waals surface area (Å²) in [6, 6.07) is 0. The molecule has 0 spiro atoms. The number of unbranched alkanes of at least 4 members (excludes halogenated alkanes) is 8. The molecule has 1 heterocycles. The Kier molecular flexibility index (Phi) is 15.9. The molecular formula is C20H41NO2. The lowest BCUT2D eigenvalue weighted by atomic mass is 9.94. The maximum Gasteiger partial charge on any atom is 0.0773 e. The van der Waals surface area contributed by atoms with Crippen LogP contribution in [0, 0.1) is 5.92 Å². The molecule has 3 heteroatoms. The Hall–Kier alpha value is -0.570. The number of hydrogen-bond donors (Lipinski definition) is 1. The fraction of sp³-hybridized carbons (Fsp3) is 0.950. The van der Waals surface area contributed by atoms with Crippen LogP contribution in [0.3, 0.4) is 0 Å². The van der Waals surface area contributed by atoms with Gasteiger partial charge in [-0.3, -0.25) is 0 Å². The molecule has 1 saturated heterocycles. The fourth-order valence-electron chi connectivity index (χ4n) is 3.43. The monoisotopic (exact) mass is 327 g/mol. The molecule has 0 bridgehead atoms. The number of carbonyl (C=O) groups is 1. The van der Waals surface area contributed by atoms with Crippen molar-refractivity contribution < 1.29 is 14.8 Å². The Labute approximate surface area is 144 Å². The topological polar surface area (TPSA) is 44.6 Å². The van der Waals surface area contributed by atoms with Crippen molar-refractivity contribution in [3.63, 3.8) is 0 Å². The second-order valence-corrected chi connectivity index (χ2v) is 7.17. The van der Waals surface area contributed by atoms with Gasteiger partial charge >= 0.3 is 0 Å². The molecule has 0 radical (unpaired) electrons. The highest BCUT2D eigenvalue weighted by Crippen LogP contribution is 2.13. The number of rotatable bonds is 11. The van der Waals surface area contributed by atoms with Crippen molar-refractivity contribution in [2.75, 3.05) is 19.6 Å². The standard InChI is InChI=1S/C18H37N.C2H4O2/c1-3-5-6-7-8-9-10-11-12-15-19-16-13-18(4-2)14-17-19;1-2(3)4/h18H,3-17H2,1-2H3;1H3,(H,3,4). The first-order valence-corrected chi connectivity index (χ1v) is 10.1. The van der Waals surface area contributed by atoms with E-state index in [-0.39, 0.29) is 0 Å². The summed E-state index contributed by atoms with van der Waals surface area (Å²) in [7, 11) is 0. The Balaban J connectivity index is 0.00000108. The molecule has 0 aromatic heterocycles. The van der Waals surface area contributed by atoms with Crippen LogP contribution in [0.4, 0.5) is 0 Å². The van der Waals surface area contributed by atoms with Gasteiger partial charge in [0, 0.05) is 5.97 Å². The average molecular weight is 328 g/mol. The molecule has 1 N–H and O–H groups in total. The van der Waals surface area contributed by atoms with E-state index in [4.69, 9.17) is 9.90 Å². The van der Waals surface area contributed by atoms with E-state index in [2.05, 4.69) is 13.8 Å². The zero-order valence-electron chi connectivity index (χ0n) is 16.0. The summed E-state index contributed by atoms with van der Waals surface area (Å²) < 4.78 is 0. The number of carboxylic acid groups (broad SMARTS) is 1. The van der Waals surface area contributed by atoms with Crippen LogP contribution in [0.2, 0.25) is 0 Å². The van der Waals surface area contributed by atoms with Gasteiger partial charge in [0.2, 0.25) is 0 Å². The first-order valence-electron chi connectivity index (χ1n) is 10.1. The number of piperidine rings is 1. The van der Waals surface area contributed by atoms with E-state index in [1.165, 1.54) is 96.7 Å². The van der Waals surface area contributed by atoms with Crippen molar-refractivity contribution >= 4 is 5.97 Å². The summed E-state index contributed by atoms with van der Waals surface area (Å²) >= 11 is 0. The predicted octanol–water partition coefficient (Wildman–Crippen LogP) is 2.98. The van der Waals surface area contributed by atoms with Crippen molar-refractivity contribution in [3.05, 3.63) is 0 Å². The molecule has 23 heavy (non-hydrogen) atoms. The van der Waals surface area contributed by atoms with Crippen molar-refractivity contribution in [3.8, 4) is 0 Å². The molecule has 138 valence electrons. The molecule has 0 atom stereocenters. The van der Waals surface area contributed by atoms with Crippen LogP contribution in [0.5, 0.6) is 0 Å². The molecule has 0 aromatic carbocycles. The lowest BCUT2D eigenvalue weighted by Gasteiger charge is -2.28. The molecule has 0 amide bonds. The van der Waals surface area contributed by atoms with Crippen LogP contribution < -0.4 is 10.0 Å². The molecular weight excluding hydrogens is 286 g/mol. The average Bonchev–Trinajstić information content (AvgIpc) is 2.53. The minimum absolute atomic E-state index is 0.972. The van der Waals surface area contributed by atoms with Gasteiger partial charge < -0.3 is 14.8 Å². The van der Waals surface area contributed by atoms with Gasteiger partial charge in [-0.05, 0) is 38.5 Å². The van der Waals surface area contributed by atoms with E-state index in [1.54, 1.807) is 0 Å². The third kappa shape index (κ3) is 16.1. The Bertz CT molecular complexity index is 256. The first kappa shape index (κ1) is 22.4. The van der Waals surface area contributed by atoms with Crippen LogP contribution in [0.25, 0.3) is 0 Å². The van der Waals surface area contributed by atoms with E-state index in [0.717, 1.165) is 12.8 Å². The molecule has 0 aromatic rings. The van der Waals surface area contributed by atoms with Crippen LogP contribution in [0.15, 0.2) is 0 Å². The molecule has 0 aliphatic carbocycles. The number of likely N-dealkylation sites (tertiary alicyclic amines) is 1. The number of carbonyl (C=O) groups excluding carboxylic acids is 1. The van der Waals surface area contributed by atoms with Crippen LogP contribution >= 0.6 is 0 Å². The van der Waals surface area contributed by atoms with E-state index in [1.807, 2.05) is 4.90 Å². The SMILES string of the molecule is CC(=O)[O-].CCCCCCCCCCC[NH+]1CCC(CC)CC1. The second-order valence-electron chi connectivity index (χ2n) is 7.17. The summed E-state index contributed by atoms with van der Waals surface area (Å²) in [6.45, 7) is 9.99. The van der Waals surface area contributed by atoms with Crippen molar-refractivity contribution in [1.82, 2.24) is 0 Å². The molecule has 1 aliphatic heterocycles. The normalized spacial score (nSPS) is 20.7. The third-order valence-corrected chi connectivity index (χ3v) is 5.02. The predicted molar refractivity (Wildman–Crippen MR) is 96.5 cm³/mol. The highest BCUT2D eigenvalue weighted by molar-refractivity contribution is 5.60. The van der Waals surface area contributed by atoms with Crippen molar-refractivity contribution in [2.45, 2.75) is 97.8 Å². The summed E-state index contributed by atoms with van der Waals surface area (Å²) in [5.41, 5.74) is 0. The Morgan fingerprint density at radius 1 is 0.913 bits per heavy atom. The second kappa shape index (κ2) is 16.3. The summed E-state index contributed by atoms with van der Waals surface area (Å²) in [4.78, 5) is 10.8. The third-order valence-electron chi connectivity index (χ3n) is 5.02. The molecule has 1 fully saturated rings. The highest BCUT2D eigenvalue weighted by Gasteiger charge is 2.19. The van der Waals surface area contributed by atoms with Gasteiger partial charge in [0.05, 0.1) is 19.6 Å². The maximum absolute atomic E-state index is 8.89. The first-order chi connectivity index (χ1) is 11.1. The summed E-state index contributed by atoms with van der Waals surface area (Å²) in [6.07, 6.45) is 17.5. The fourth-order valence-corrected chi connectivity index (χ4v) is 3.43. The van der Waals surface area contributed by atoms with E-state index in [0.29, 0.717) is 0 Å². The molecule has 0 unspecified atom stereocenters. The number of aliphatic carboxylic acids is 1. The Morgan fingerprint density at radius 3 is 1.78 bits per heavy atom. The van der Waals surface area contributed by atoms with E-state index in [9.17, 15) is 0 Å². The van der Waals surface area contributed by atoms with E-state index < -0.39 is 5.97 Å². The van der Waals surface area contributed by atoms with Gasteiger partial charge in [0.1, 0.15) is 0 Å². The van der Waals surface area contributed by atoms with Gasteiger partial charge in [-0.1, -0.05) is 65.2 Å². The highest BCUT2D eigenvalue weighted by atomic mass is 16.4. The Morgan fingerprint density at radius 2 is 1.35 bits per heavy atom. The minimum Gasteiger partial charge on any atom is -0.550 e. The van der Waals surface area contributed by atoms with Gasteiger partial charge in [-0.2, -0.15) is 0 Å². The number of quaternary nitrogens is 1. The van der Waals surface area contributed by atoms with Crippen molar-refractivity contribution in [1.29, 1.82) is 0 Å². The number of carboxylic acids is 1.